The Morgan fingerprint density at radius 3 is 2.32 bits per heavy atom. The molecule has 2 N–H and O–H groups in total. The van der Waals surface area contributed by atoms with Gasteiger partial charge in [0, 0.05) is 16.3 Å². The van der Waals surface area contributed by atoms with Crippen molar-refractivity contribution >= 4 is 48.5 Å². The third-order valence-electron chi connectivity index (χ3n) is 4.90. The molecule has 6 heteroatoms. The van der Waals surface area contributed by atoms with Crippen molar-refractivity contribution in [2.75, 3.05) is 4.72 Å². The standard InChI is InChI=1S/C22H17N3O2S/c1-14-10-12-15(13-11-14)28(26,27)25-21-17-7-3-5-9-19(17)23-20-16-6-2-4-8-18(16)24-22(20)21/h2-13,24H,1H3,(H,23,25). The number of anilines is 1. The number of fused-ring (bicyclic) bond motifs is 4. The number of H-pyrrole nitrogens is 1. The van der Waals surface area contributed by atoms with Crippen molar-refractivity contribution in [2.24, 2.45) is 0 Å². The summed E-state index contributed by atoms with van der Waals surface area (Å²) < 4.78 is 28.9. The molecule has 0 aliphatic heterocycles. The Kier molecular flexibility index (Phi) is 3.64. The minimum absolute atomic E-state index is 0.225. The molecule has 138 valence electrons. The second-order valence-corrected chi connectivity index (χ2v) is 8.50. The molecule has 5 aromatic rings. The Hall–Kier alpha value is -3.38. The van der Waals surface area contributed by atoms with Crippen molar-refractivity contribution in [3.05, 3.63) is 78.4 Å². The Bertz CT molecular complexity index is 1450. The van der Waals surface area contributed by atoms with Crippen molar-refractivity contribution in [3.63, 3.8) is 0 Å². The molecule has 5 rings (SSSR count). The maximum atomic E-state index is 13.1. The van der Waals surface area contributed by atoms with Gasteiger partial charge >= 0.3 is 0 Å². The van der Waals surface area contributed by atoms with E-state index in [9.17, 15) is 8.42 Å². The van der Waals surface area contributed by atoms with Gasteiger partial charge in [0.1, 0.15) is 0 Å². The van der Waals surface area contributed by atoms with Gasteiger partial charge in [-0.2, -0.15) is 0 Å². The summed E-state index contributed by atoms with van der Waals surface area (Å²) in [7, 11) is -3.75. The highest BCUT2D eigenvalue weighted by molar-refractivity contribution is 7.92. The highest BCUT2D eigenvalue weighted by atomic mass is 32.2. The van der Waals surface area contributed by atoms with E-state index in [1.54, 1.807) is 24.3 Å². The Balaban J connectivity index is 1.80. The average Bonchev–Trinajstić information content (AvgIpc) is 3.07. The first kappa shape index (κ1) is 16.8. The first-order valence-corrected chi connectivity index (χ1v) is 10.4. The summed E-state index contributed by atoms with van der Waals surface area (Å²) in [6.45, 7) is 1.92. The summed E-state index contributed by atoms with van der Waals surface area (Å²) >= 11 is 0. The summed E-state index contributed by atoms with van der Waals surface area (Å²) in [5.74, 6) is 0. The quantitative estimate of drug-likeness (QED) is 0.458. The van der Waals surface area contributed by atoms with Crippen LogP contribution in [0.4, 0.5) is 5.69 Å². The van der Waals surface area contributed by atoms with Gasteiger partial charge in [-0.15, -0.1) is 0 Å². The largest absolute Gasteiger partial charge is 0.351 e. The van der Waals surface area contributed by atoms with E-state index in [4.69, 9.17) is 4.98 Å². The predicted molar refractivity (Wildman–Crippen MR) is 113 cm³/mol. The molecule has 0 saturated carbocycles. The Morgan fingerprint density at radius 2 is 1.54 bits per heavy atom. The third-order valence-corrected chi connectivity index (χ3v) is 6.27. The van der Waals surface area contributed by atoms with E-state index < -0.39 is 10.0 Å². The van der Waals surface area contributed by atoms with Crippen LogP contribution >= 0.6 is 0 Å². The number of aromatic nitrogens is 2. The molecule has 28 heavy (non-hydrogen) atoms. The number of aromatic amines is 1. The number of aryl methyl sites for hydroxylation is 1. The molecule has 3 aromatic carbocycles. The predicted octanol–water partition coefficient (Wildman–Crippen LogP) is 4.98. The van der Waals surface area contributed by atoms with E-state index in [-0.39, 0.29) is 4.90 Å². The van der Waals surface area contributed by atoms with Crippen LogP contribution in [0.15, 0.2) is 77.7 Å². The molecule has 0 saturated heterocycles. The summed E-state index contributed by atoms with van der Waals surface area (Å²) in [6, 6.07) is 22.2. The number of hydrogen-bond acceptors (Lipinski definition) is 3. The molecule has 0 radical (unpaired) electrons. The van der Waals surface area contributed by atoms with Crippen LogP contribution in [0.1, 0.15) is 5.56 Å². The molecule has 2 heterocycles. The molecule has 0 aliphatic rings. The highest BCUT2D eigenvalue weighted by Gasteiger charge is 2.20. The second-order valence-electron chi connectivity index (χ2n) is 6.82. The van der Waals surface area contributed by atoms with Crippen LogP contribution in [0.25, 0.3) is 32.8 Å². The number of hydrogen-bond donors (Lipinski definition) is 2. The number of para-hydroxylation sites is 2. The number of pyridine rings is 1. The van der Waals surface area contributed by atoms with Gasteiger partial charge in [-0.1, -0.05) is 54.1 Å². The monoisotopic (exact) mass is 387 g/mol. The molecule has 0 fully saturated rings. The summed E-state index contributed by atoms with van der Waals surface area (Å²) in [4.78, 5) is 8.33. The van der Waals surface area contributed by atoms with Crippen molar-refractivity contribution in [1.29, 1.82) is 0 Å². The van der Waals surface area contributed by atoms with Crippen LogP contribution < -0.4 is 4.72 Å². The number of nitrogens with one attached hydrogen (secondary N) is 2. The van der Waals surface area contributed by atoms with Crippen LogP contribution in [0.2, 0.25) is 0 Å². The SMILES string of the molecule is Cc1ccc(S(=O)(=O)Nc2c3ccccc3nc3c2[nH]c2ccccc23)cc1. The number of nitrogens with zero attached hydrogens (tertiary/aromatic N) is 1. The summed E-state index contributed by atoms with van der Waals surface area (Å²) in [5, 5.41) is 1.70. The lowest BCUT2D eigenvalue weighted by atomic mass is 10.1. The van der Waals surface area contributed by atoms with Crippen molar-refractivity contribution < 1.29 is 8.42 Å². The first-order valence-electron chi connectivity index (χ1n) is 8.91. The van der Waals surface area contributed by atoms with Crippen LogP contribution in [0, 0.1) is 6.92 Å². The molecule has 0 unspecified atom stereocenters. The van der Waals surface area contributed by atoms with Gasteiger partial charge in [-0.3, -0.25) is 4.72 Å². The van der Waals surface area contributed by atoms with E-state index in [2.05, 4.69) is 9.71 Å². The first-order chi connectivity index (χ1) is 13.5. The Labute approximate surface area is 162 Å². The zero-order valence-electron chi connectivity index (χ0n) is 15.1. The van der Waals surface area contributed by atoms with E-state index in [1.165, 1.54) is 0 Å². The normalized spacial score (nSPS) is 12.0. The maximum Gasteiger partial charge on any atom is 0.261 e. The molecule has 0 amide bonds. The Morgan fingerprint density at radius 1 is 0.857 bits per heavy atom. The van der Waals surface area contributed by atoms with Crippen LogP contribution in [-0.4, -0.2) is 18.4 Å². The van der Waals surface area contributed by atoms with Gasteiger partial charge in [0.15, 0.2) is 0 Å². The molecule has 5 nitrogen and oxygen atoms in total. The summed E-state index contributed by atoms with van der Waals surface area (Å²) in [6.07, 6.45) is 0. The van der Waals surface area contributed by atoms with Gasteiger partial charge in [0.25, 0.3) is 10.0 Å². The second kappa shape index (κ2) is 6.07. The highest BCUT2D eigenvalue weighted by Crippen LogP contribution is 2.35. The molecule has 0 bridgehead atoms. The summed E-state index contributed by atoms with van der Waals surface area (Å²) in [5.41, 5.74) is 4.59. The molecular weight excluding hydrogens is 370 g/mol. The smallest absolute Gasteiger partial charge is 0.261 e. The minimum Gasteiger partial charge on any atom is -0.351 e. The van der Waals surface area contributed by atoms with Gasteiger partial charge in [0.05, 0.1) is 27.1 Å². The van der Waals surface area contributed by atoms with Gasteiger partial charge in [-0.25, -0.2) is 13.4 Å². The third kappa shape index (κ3) is 2.61. The van der Waals surface area contributed by atoms with Gasteiger partial charge in [0.2, 0.25) is 0 Å². The average molecular weight is 387 g/mol. The van der Waals surface area contributed by atoms with E-state index in [1.807, 2.05) is 55.5 Å². The van der Waals surface area contributed by atoms with Gasteiger partial charge in [-0.05, 0) is 31.2 Å². The number of rotatable bonds is 3. The lowest BCUT2D eigenvalue weighted by molar-refractivity contribution is 0.601. The van der Waals surface area contributed by atoms with E-state index >= 15 is 0 Å². The van der Waals surface area contributed by atoms with Crippen LogP contribution in [0.3, 0.4) is 0 Å². The lowest BCUT2D eigenvalue weighted by Gasteiger charge is -2.12. The molecular formula is C22H17N3O2S. The molecule has 0 atom stereocenters. The van der Waals surface area contributed by atoms with Crippen molar-refractivity contribution in [3.8, 4) is 0 Å². The van der Waals surface area contributed by atoms with Crippen molar-refractivity contribution in [1.82, 2.24) is 9.97 Å². The van der Waals surface area contributed by atoms with Crippen LogP contribution in [0.5, 0.6) is 0 Å². The lowest BCUT2D eigenvalue weighted by Crippen LogP contribution is -2.13. The van der Waals surface area contributed by atoms with Gasteiger partial charge < -0.3 is 4.98 Å². The zero-order valence-corrected chi connectivity index (χ0v) is 15.9. The minimum atomic E-state index is -3.75. The van der Waals surface area contributed by atoms with E-state index in [0.29, 0.717) is 11.2 Å². The number of benzene rings is 3. The molecule has 0 aliphatic carbocycles. The fourth-order valence-electron chi connectivity index (χ4n) is 3.48. The molecule has 0 spiro atoms. The fourth-order valence-corrected chi connectivity index (χ4v) is 4.57. The maximum absolute atomic E-state index is 13.1. The topological polar surface area (TPSA) is 74.8 Å². The van der Waals surface area contributed by atoms with Crippen molar-refractivity contribution in [2.45, 2.75) is 11.8 Å². The molecule has 2 aromatic heterocycles. The fraction of sp³-hybridized carbons (Fsp3) is 0.0455. The van der Waals surface area contributed by atoms with E-state index in [0.717, 1.165) is 32.9 Å². The van der Waals surface area contributed by atoms with Crippen LogP contribution in [-0.2, 0) is 10.0 Å². The number of sulfonamides is 1. The zero-order chi connectivity index (χ0) is 19.3.